The molecule has 0 aliphatic heterocycles. The number of furan rings is 1. The highest BCUT2D eigenvalue weighted by molar-refractivity contribution is 5.32. The van der Waals surface area contributed by atoms with E-state index in [0.29, 0.717) is 12.3 Å². The Kier molecular flexibility index (Phi) is 4.49. The minimum atomic E-state index is -1.46. The summed E-state index contributed by atoms with van der Waals surface area (Å²) in [6, 6.07) is 3.27. The minimum absolute atomic E-state index is 0.0374. The van der Waals surface area contributed by atoms with E-state index < -0.39 is 23.5 Å². The van der Waals surface area contributed by atoms with E-state index in [1.807, 2.05) is 13.8 Å². The number of nitrogens with one attached hydrogen (secondary N) is 1. The standard InChI is InChI=1S/C15H16F3NO/c1-3-7-19-14(15-9(2)6-8-20-15)10-4-5-11(16)13(18)12(10)17/h4-6,8,14,19H,3,7H2,1-2H3. The number of rotatable bonds is 5. The second-order valence-corrected chi connectivity index (χ2v) is 4.62. The zero-order valence-corrected chi connectivity index (χ0v) is 11.3. The molecule has 1 atom stereocenters. The number of halogens is 3. The van der Waals surface area contributed by atoms with Crippen LogP contribution in [-0.2, 0) is 0 Å². The summed E-state index contributed by atoms with van der Waals surface area (Å²) >= 11 is 0. The summed E-state index contributed by atoms with van der Waals surface area (Å²) in [6.07, 6.45) is 2.31. The van der Waals surface area contributed by atoms with Gasteiger partial charge in [-0.1, -0.05) is 13.0 Å². The molecule has 0 radical (unpaired) electrons. The maximum absolute atomic E-state index is 14.0. The van der Waals surface area contributed by atoms with Crippen LogP contribution in [0.3, 0.4) is 0 Å². The summed E-state index contributed by atoms with van der Waals surface area (Å²) < 4.78 is 45.8. The van der Waals surface area contributed by atoms with Crippen LogP contribution in [0.1, 0.15) is 36.3 Å². The Balaban J connectivity index is 2.47. The predicted molar refractivity (Wildman–Crippen MR) is 69.9 cm³/mol. The Hall–Kier alpha value is -1.75. The largest absolute Gasteiger partial charge is 0.467 e. The molecule has 0 spiro atoms. The molecular formula is C15H16F3NO. The van der Waals surface area contributed by atoms with Gasteiger partial charge >= 0.3 is 0 Å². The van der Waals surface area contributed by atoms with Gasteiger partial charge in [-0.2, -0.15) is 0 Å². The Morgan fingerprint density at radius 2 is 1.90 bits per heavy atom. The Morgan fingerprint density at radius 1 is 1.15 bits per heavy atom. The fourth-order valence-electron chi connectivity index (χ4n) is 2.08. The van der Waals surface area contributed by atoms with Crippen LogP contribution in [0.15, 0.2) is 28.9 Å². The second-order valence-electron chi connectivity index (χ2n) is 4.62. The zero-order chi connectivity index (χ0) is 14.7. The second kappa shape index (κ2) is 6.13. The van der Waals surface area contributed by atoms with Crippen molar-refractivity contribution in [3.63, 3.8) is 0 Å². The smallest absolute Gasteiger partial charge is 0.194 e. The van der Waals surface area contributed by atoms with Crippen molar-refractivity contribution in [2.45, 2.75) is 26.3 Å². The highest BCUT2D eigenvalue weighted by Gasteiger charge is 2.25. The molecule has 5 heteroatoms. The lowest BCUT2D eigenvalue weighted by atomic mass is 10.0. The Bertz CT molecular complexity index is 595. The van der Waals surface area contributed by atoms with E-state index in [2.05, 4.69) is 5.32 Å². The van der Waals surface area contributed by atoms with Crippen LogP contribution >= 0.6 is 0 Å². The van der Waals surface area contributed by atoms with E-state index in [-0.39, 0.29) is 5.56 Å². The fraction of sp³-hybridized carbons (Fsp3) is 0.333. The molecule has 0 saturated heterocycles. The molecule has 0 aliphatic carbocycles. The van der Waals surface area contributed by atoms with Crippen molar-refractivity contribution in [3.05, 3.63) is 58.8 Å². The molecule has 108 valence electrons. The third-order valence-electron chi connectivity index (χ3n) is 3.14. The summed E-state index contributed by atoms with van der Waals surface area (Å²) in [4.78, 5) is 0. The number of benzene rings is 1. The number of hydrogen-bond donors (Lipinski definition) is 1. The van der Waals surface area contributed by atoms with Crippen molar-refractivity contribution < 1.29 is 17.6 Å². The van der Waals surface area contributed by atoms with Crippen LogP contribution in [-0.4, -0.2) is 6.54 Å². The van der Waals surface area contributed by atoms with E-state index in [0.717, 1.165) is 18.1 Å². The van der Waals surface area contributed by atoms with E-state index in [4.69, 9.17) is 4.42 Å². The number of hydrogen-bond acceptors (Lipinski definition) is 2. The minimum Gasteiger partial charge on any atom is -0.467 e. The summed E-state index contributed by atoms with van der Waals surface area (Å²) in [7, 11) is 0. The van der Waals surface area contributed by atoms with Gasteiger partial charge in [0.15, 0.2) is 17.5 Å². The maximum atomic E-state index is 14.0. The van der Waals surface area contributed by atoms with Crippen LogP contribution in [0.4, 0.5) is 13.2 Å². The summed E-state index contributed by atoms with van der Waals surface area (Å²) in [5.74, 6) is -3.34. The van der Waals surface area contributed by atoms with Gasteiger partial charge < -0.3 is 9.73 Å². The third kappa shape index (κ3) is 2.72. The molecule has 1 heterocycles. The van der Waals surface area contributed by atoms with Crippen molar-refractivity contribution in [2.24, 2.45) is 0 Å². The van der Waals surface area contributed by atoms with Gasteiger partial charge in [0.25, 0.3) is 0 Å². The van der Waals surface area contributed by atoms with Crippen LogP contribution in [0.5, 0.6) is 0 Å². The van der Waals surface area contributed by atoms with Gasteiger partial charge in [-0.25, -0.2) is 13.2 Å². The molecule has 0 fully saturated rings. The Labute approximate surface area is 115 Å². The number of aryl methyl sites for hydroxylation is 1. The van der Waals surface area contributed by atoms with Crippen molar-refractivity contribution in [1.82, 2.24) is 5.32 Å². The van der Waals surface area contributed by atoms with Gasteiger partial charge in [0.2, 0.25) is 0 Å². The van der Waals surface area contributed by atoms with Crippen molar-refractivity contribution in [2.75, 3.05) is 6.54 Å². The van der Waals surface area contributed by atoms with Gasteiger partial charge in [0, 0.05) is 5.56 Å². The lowest BCUT2D eigenvalue weighted by Gasteiger charge is -2.18. The Morgan fingerprint density at radius 3 is 2.50 bits per heavy atom. The summed E-state index contributed by atoms with van der Waals surface area (Å²) in [5, 5.41) is 3.09. The van der Waals surface area contributed by atoms with Crippen molar-refractivity contribution in [1.29, 1.82) is 0 Å². The molecule has 1 N–H and O–H groups in total. The first-order chi connectivity index (χ1) is 9.56. The quantitative estimate of drug-likeness (QED) is 0.836. The molecule has 2 aromatic rings. The molecule has 0 aliphatic rings. The highest BCUT2D eigenvalue weighted by Crippen LogP contribution is 2.29. The van der Waals surface area contributed by atoms with E-state index >= 15 is 0 Å². The third-order valence-corrected chi connectivity index (χ3v) is 3.14. The van der Waals surface area contributed by atoms with E-state index in [9.17, 15) is 13.2 Å². The van der Waals surface area contributed by atoms with Crippen molar-refractivity contribution >= 4 is 0 Å². The molecule has 0 amide bonds. The van der Waals surface area contributed by atoms with Crippen LogP contribution < -0.4 is 5.32 Å². The topological polar surface area (TPSA) is 25.2 Å². The molecule has 1 unspecified atom stereocenters. The maximum Gasteiger partial charge on any atom is 0.194 e. The molecule has 20 heavy (non-hydrogen) atoms. The molecule has 2 rings (SSSR count). The van der Waals surface area contributed by atoms with Gasteiger partial charge in [-0.3, -0.25) is 0 Å². The predicted octanol–water partition coefficient (Wildman–Crippen LogP) is 4.09. The first-order valence-electron chi connectivity index (χ1n) is 6.47. The zero-order valence-electron chi connectivity index (χ0n) is 11.3. The fourth-order valence-corrected chi connectivity index (χ4v) is 2.08. The lowest BCUT2D eigenvalue weighted by Crippen LogP contribution is -2.24. The first kappa shape index (κ1) is 14.7. The molecular weight excluding hydrogens is 267 g/mol. The molecule has 0 bridgehead atoms. The average molecular weight is 283 g/mol. The van der Waals surface area contributed by atoms with Gasteiger partial charge in [-0.15, -0.1) is 0 Å². The SMILES string of the molecule is CCCNC(c1ccc(F)c(F)c1F)c1occc1C. The molecule has 1 aromatic carbocycles. The van der Waals surface area contributed by atoms with Crippen LogP contribution in [0.2, 0.25) is 0 Å². The van der Waals surface area contributed by atoms with E-state index in [1.165, 1.54) is 12.3 Å². The molecule has 0 saturated carbocycles. The highest BCUT2D eigenvalue weighted by atomic mass is 19.2. The normalized spacial score (nSPS) is 12.7. The molecule has 2 nitrogen and oxygen atoms in total. The molecule has 1 aromatic heterocycles. The monoisotopic (exact) mass is 283 g/mol. The summed E-state index contributed by atoms with van der Waals surface area (Å²) in [6.45, 7) is 4.38. The summed E-state index contributed by atoms with van der Waals surface area (Å²) in [5.41, 5.74) is 0.859. The van der Waals surface area contributed by atoms with Crippen molar-refractivity contribution in [3.8, 4) is 0 Å². The van der Waals surface area contributed by atoms with Gasteiger partial charge in [-0.05, 0) is 37.6 Å². The lowest BCUT2D eigenvalue weighted by molar-refractivity contribution is 0.408. The van der Waals surface area contributed by atoms with Crippen LogP contribution in [0.25, 0.3) is 0 Å². The van der Waals surface area contributed by atoms with E-state index in [1.54, 1.807) is 6.07 Å². The van der Waals surface area contributed by atoms with Gasteiger partial charge in [0.1, 0.15) is 5.76 Å². The average Bonchev–Trinajstić information content (AvgIpc) is 2.85. The van der Waals surface area contributed by atoms with Gasteiger partial charge in [0.05, 0.1) is 12.3 Å². The first-order valence-corrected chi connectivity index (χ1v) is 6.47. The van der Waals surface area contributed by atoms with Crippen LogP contribution in [0, 0.1) is 24.4 Å².